The van der Waals surface area contributed by atoms with E-state index in [-0.39, 0.29) is 29.8 Å². The molecule has 7 rings (SSSR count). The molecule has 0 radical (unpaired) electrons. The fraction of sp³-hybridized carbons (Fsp3) is 0.395. The Kier molecular flexibility index (Phi) is 8.07. The van der Waals surface area contributed by atoms with Crippen molar-refractivity contribution in [3.05, 3.63) is 122 Å². The van der Waals surface area contributed by atoms with Crippen LogP contribution in [0.1, 0.15) is 96.6 Å². The van der Waals surface area contributed by atoms with Crippen molar-refractivity contribution < 1.29 is 18.0 Å². The van der Waals surface area contributed by atoms with Crippen LogP contribution in [0.5, 0.6) is 0 Å². The highest BCUT2D eigenvalue weighted by molar-refractivity contribution is 5.79. The monoisotopic (exact) mass is 625 g/mol. The maximum atomic E-state index is 13.6. The molecular formula is C38H38F3N3O2. The van der Waals surface area contributed by atoms with E-state index in [1.54, 1.807) is 35.2 Å². The molecule has 2 heterocycles. The molecule has 3 aromatic carbocycles. The average molecular weight is 626 g/mol. The van der Waals surface area contributed by atoms with Crippen molar-refractivity contribution in [3.63, 3.8) is 0 Å². The van der Waals surface area contributed by atoms with Gasteiger partial charge in [-0.25, -0.2) is 4.98 Å². The highest BCUT2D eigenvalue weighted by Crippen LogP contribution is 2.52. The normalized spacial score (nSPS) is 18.1. The zero-order valence-electron chi connectivity index (χ0n) is 25.8. The van der Waals surface area contributed by atoms with Crippen LogP contribution in [0, 0.1) is 0 Å². The number of aromatic nitrogens is 2. The molecule has 0 unspecified atom stereocenters. The van der Waals surface area contributed by atoms with Crippen LogP contribution in [0.2, 0.25) is 0 Å². The van der Waals surface area contributed by atoms with Crippen LogP contribution in [0.4, 0.5) is 13.2 Å². The van der Waals surface area contributed by atoms with Gasteiger partial charge in [0, 0.05) is 6.54 Å². The summed E-state index contributed by atoms with van der Waals surface area (Å²) in [7, 11) is 0. The minimum absolute atomic E-state index is 0.0893. The molecule has 0 saturated heterocycles. The second-order valence-electron chi connectivity index (χ2n) is 13.3. The Labute approximate surface area is 266 Å². The number of carbonyl (C=O) groups excluding carboxylic acids is 1. The summed E-state index contributed by atoms with van der Waals surface area (Å²) in [6.07, 6.45) is 5.24. The molecule has 1 N–H and O–H groups in total. The second-order valence-corrected chi connectivity index (χ2v) is 13.3. The van der Waals surface area contributed by atoms with E-state index in [9.17, 15) is 22.8 Å². The highest BCUT2D eigenvalue weighted by Gasteiger charge is 2.49. The van der Waals surface area contributed by atoms with E-state index in [2.05, 4.69) is 29.2 Å². The third kappa shape index (κ3) is 6.14. The Hall–Kier alpha value is -4.20. The van der Waals surface area contributed by atoms with Gasteiger partial charge in [-0.3, -0.25) is 9.59 Å². The maximum absolute atomic E-state index is 13.6. The standard InChI is InChI=1S/C38H38F3N3O2/c39-38(40,41)31-15-6-13-29(23-31)27-11-4-8-25(20-27)21-34(45)44-19-7-16-33-32(24-44)35(46)43-36(42-33)37(17-18-37)30-14-5-12-28(22-30)26-9-2-1-3-10-26/h4-6,8,11-15,20,22-23,26H,1-3,7,9-10,16-19,21,24H2,(H,42,43,46). The maximum Gasteiger partial charge on any atom is 0.416 e. The van der Waals surface area contributed by atoms with Crippen molar-refractivity contribution in [1.29, 1.82) is 0 Å². The van der Waals surface area contributed by atoms with Crippen LogP contribution >= 0.6 is 0 Å². The van der Waals surface area contributed by atoms with Crippen molar-refractivity contribution in [2.45, 2.75) is 88.3 Å². The summed E-state index contributed by atoms with van der Waals surface area (Å²) in [5.74, 6) is 1.22. The topological polar surface area (TPSA) is 66.1 Å². The molecule has 1 aliphatic heterocycles. The number of carbonyl (C=O) groups is 1. The molecule has 2 aliphatic carbocycles. The zero-order chi connectivity index (χ0) is 31.9. The van der Waals surface area contributed by atoms with Crippen LogP contribution < -0.4 is 5.56 Å². The van der Waals surface area contributed by atoms with Crippen molar-refractivity contribution >= 4 is 5.91 Å². The van der Waals surface area contributed by atoms with E-state index < -0.39 is 11.7 Å². The molecule has 0 bridgehead atoms. The third-order valence-electron chi connectivity index (χ3n) is 10.2. The van der Waals surface area contributed by atoms with Crippen molar-refractivity contribution in [2.75, 3.05) is 6.54 Å². The van der Waals surface area contributed by atoms with Crippen molar-refractivity contribution in [3.8, 4) is 11.1 Å². The molecule has 0 spiro atoms. The predicted octanol–water partition coefficient (Wildman–Crippen LogP) is 8.10. The molecule has 8 heteroatoms. The van der Waals surface area contributed by atoms with Gasteiger partial charge < -0.3 is 9.88 Å². The van der Waals surface area contributed by atoms with E-state index in [0.717, 1.165) is 36.5 Å². The Morgan fingerprint density at radius 3 is 2.41 bits per heavy atom. The van der Waals surface area contributed by atoms with E-state index in [1.807, 2.05) is 0 Å². The van der Waals surface area contributed by atoms with Gasteiger partial charge in [-0.15, -0.1) is 0 Å². The van der Waals surface area contributed by atoms with Crippen LogP contribution in [-0.4, -0.2) is 27.3 Å². The summed E-state index contributed by atoms with van der Waals surface area (Å²) >= 11 is 0. The number of H-pyrrole nitrogens is 1. The lowest BCUT2D eigenvalue weighted by Crippen LogP contribution is -2.34. The first-order valence-electron chi connectivity index (χ1n) is 16.5. The lowest BCUT2D eigenvalue weighted by Gasteiger charge is -2.24. The average Bonchev–Trinajstić information content (AvgIpc) is 3.90. The number of aryl methyl sites for hydroxylation is 1. The number of fused-ring (bicyclic) bond motifs is 1. The molecule has 46 heavy (non-hydrogen) atoms. The van der Waals surface area contributed by atoms with Gasteiger partial charge in [0.25, 0.3) is 5.56 Å². The molecule has 4 aromatic rings. The van der Waals surface area contributed by atoms with Gasteiger partial charge in [-0.2, -0.15) is 13.2 Å². The van der Waals surface area contributed by atoms with Gasteiger partial charge in [0.05, 0.1) is 35.2 Å². The predicted molar refractivity (Wildman–Crippen MR) is 171 cm³/mol. The number of rotatable bonds is 6. The number of aromatic amines is 1. The molecule has 1 amide bonds. The van der Waals surface area contributed by atoms with Gasteiger partial charge in [-0.1, -0.05) is 79.9 Å². The third-order valence-corrected chi connectivity index (χ3v) is 10.2. The first-order valence-corrected chi connectivity index (χ1v) is 16.5. The Bertz CT molecular complexity index is 1820. The van der Waals surface area contributed by atoms with Gasteiger partial charge in [0.1, 0.15) is 5.82 Å². The van der Waals surface area contributed by atoms with Crippen LogP contribution in [-0.2, 0) is 35.8 Å². The van der Waals surface area contributed by atoms with E-state index in [4.69, 9.17) is 4.98 Å². The number of benzene rings is 3. The molecule has 5 nitrogen and oxygen atoms in total. The summed E-state index contributed by atoms with van der Waals surface area (Å²) in [6, 6.07) is 21.2. The molecular weight excluding hydrogens is 587 g/mol. The molecule has 2 fully saturated rings. The summed E-state index contributed by atoms with van der Waals surface area (Å²) in [6.45, 7) is 0.695. The van der Waals surface area contributed by atoms with E-state index >= 15 is 0 Å². The fourth-order valence-electron chi connectivity index (χ4n) is 7.40. The summed E-state index contributed by atoms with van der Waals surface area (Å²) in [5.41, 5.74) is 4.56. The lowest BCUT2D eigenvalue weighted by molar-refractivity contribution is -0.137. The summed E-state index contributed by atoms with van der Waals surface area (Å²) < 4.78 is 39.8. The Morgan fingerprint density at radius 2 is 1.65 bits per heavy atom. The number of hydrogen-bond acceptors (Lipinski definition) is 3. The van der Waals surface area contributed by atoms with Gasteiger partial charge >= 0.3 is 6.18 Å². The van der Waals surface area contributed by atoms with Crippen LogP contribution in [0.15, 0.2) is 77.6 Å². The lowest BCUT2D eigenvalue weighted by atomic mass is 9.82. The molecule has 0 atom stereocenters. The largest absolute Gasteiger partial charge is 0.416 e. The smallest absolute Gasteiger partial charge is 0.338 e. The quantitative estimate of drug-likeness (QED) is 0.236. The van der Waals surface area contributed by atoms with Crippen LogP contribution in [0.3, 0.4) is 0 Å². The number of alkyl halides is 3. The number of amides is 1. The number of hydrogen-bond donors (Lipinski definition) is 1. The van der Waals surface area contributed by atoms with Crippen molar-refractivity contribution in [2.24, 2.45) is 0 Å². The minimum atomic E-state index is -4.43. The van der Waals surface area contributed by atoms with Gasteiger partial charge in [0.2, 0.25) is 5.91 Å². The summed E-state index contributed by atoms with van der Waals surface area (Å²) in [5, 5.41) is 0. The minimum Gasteiger partial charge on any atom is -0.338 e. The Morgan fingerprint density at radius 1 is 0.913 bits per heavy atom. The fourth-order valence-corrected chi connectivity index (χ4v) is 7.40. The SMILES string of the molecule is O=C(Cc1cccc(-c2cccc(C(F)(F)F)c2)c1)N1CCCc2nc(C3(c4cccc(C5CCCCC5)c4)CC3)[nH]c(=O)c2C1. The summed E-state index contributed by atoms with van der Waals surface area (Å²) in [4.78, 5) is 37.0. The number of nitrogens with zero attached hydrogens (tertiary/aromatic N) is 2. The van der Waals surface area contributed by atoms with Crippen molar-refractivity contribution in [1.82, 2.24) is 14.9 Å². The first-order chi connectivity index (χ1) is 22.2. The van der Waals surface area contributed by atoms with E-state index in [1.165, 1.54) is 49.3 Å². The first kappa shape index (κ1) is 30.5. The zero-order valence-corrected chi connectivity index (χ0v) is 25.8. The molecule has 1 aromatic heterocycles. The Balaban J connectivity index is 1.09. The number of halogens is 3. The van der Waals surface area contributed by atoms with E-state index in [0.29, 0.717) is 47.6 Å². The molecule has 238 valence electrons. The second kappa shape index (κ2) is 12.2. The van der Waals surface area contributed by atoms with Gasteiger partial charge in [0.15, 0.2) is 0 Å². The number of nitrogens with one attached hydrogen (secondary N) is 1. The van der Waals surface area contributed by atoms with Crippen LogP contribution in [0.25, 0.3) is 11.1 Å². The molecule has 3 aliphatic rings. The highest BCUT2D eigenvalue weighted by atomic mass is 19.4. The molecule has 2 saturated carbocycles. The van der Waals surface area contributed by atoms with Gasteiger partial charge in [-0.05, 0) is 84.4 Å².